The molecule has 1 unspecified atom stereocenters. The number of halogens is 2. The van der Waals surface area contributed by atoms with Crippen LogP contribution in [0.5, 0.6) is 0 Å². The Kier molecular flexibility index (Phi) is 7.25. The first-order valence-electron chi connectivity index (χ1n) is 6.53. The summed E-state index contributed by atoms with van der Waals surface area (Å²) in [4.78, 5) is 15.4. The monoisotopic (exact) mass is 433 g/mol. The maximum Gasteiger partial charge on any atom is 0.341 e. The van der Waals surface area contributed by atoms with Crippen LogP contribution in [0.15, 0.2) is 37.7 Å². The summed E-state index contributed by atoms with van der Waals surface area (Å²) < 4.78 is 1.26. The number of rotatable bonds is 6. The average Bonchev–Trinajstić information content (AvgIpc) is 2.44. The molecule has 0 amide bonds. The van der Waals surface area contributed by atoms with Crippen molar-refractivity contribution in [2.75, 3.05) is 6.61 Å². The van der Waals surface area contributed by atoms with Gasteiger partial charge in [-0.25, -0.2) is 4.79 Å². The number of carboxylic acid groups (broad SMARTS) is 1. The molecule has 0 aromatic heterocycles. The number of aliphatic hydroxyl groups is 2. The van der Waals surface area contributed by atoms with Crippen molar-refractivity contribution in [1.82, 2.24) is 0 Å². The van der Waals surface area contributed by atoms with Crippen LogP contribution in [0, 0.1) is 5.92 Å². The summed E-state index contributed by atoms with van der Waals surface area (Å²) in [7, 11) is 0. The van der Waals surface area contributed by atoms with E-state index in [4.69, 9.17) is 0 Å². The number of hydrogen-bond acceptors (Lipinski definition) is 4. The highest BCUT2D eigenvalue weighted by molar-refractivity contribution is 9.11. The van der Waals surface area contributed by atoms with Crippen molar-refractivity contribution in [3.63, 3.8) is 0 Å². The van der Waals surface area contributed by atoms with Gasteiger partial charge in [-0.3, -0.25) is 4.99 Å². The summed E-state index contributed by atoms with van der Waals surface area (Å²) in [6, 6.07) is 4.63. The maximum absolute atomic E-state index is 11.4. The Morgan fingerprint density at radius 1 is 1.32 bits per heavy atom. The molecule has 1 atom stereocenters. The van der Waals surface area contributed by atoms with E-state index >= 15 is 0 Å². The second-order valence-corrected chi connectivity index (χ2v) is 6.73. The number of benzene rings is 1. The second-order valence-electron chi connectivity index (χ2n) is 4.96. The topological polar surface area (TPSA) is 90.1 Å². The van der Waals surface area contributed by atoms with Gasteiger partial charge in [0.25, 0.3) is 0 Å². The van der Waals surface area contributed by atoms with E-state index in [1.54, 1.807) is 18.2 Å². The van der Waals surface area contributed by atoms with Crippen LogP contribution >= 0.6 is 31.9 Å². The zero-order valence-corrected chi connectivity index (χ0v) is 15.3. The van der Waals surface area contributed by atoms with Gasteiger partial charge in [0, 0.05) is 20.7 Å². The van der Waals surface area contributed by atoms with Gasteiger partial charge in [-0.05, 0) is 24.1 Å². The Hall–Kier alpha value is -1.18. The highest BCUT2D eigenvalue weighted by Gasteiger charge is 2.17. The first-order chi connectivity index (χ1) is 10.3. The minimum atomic E-state index is -1.30. The lowest BCUT2D eigenvalue weighted by atomic mass is 10.1. The van der Waals surface area contributed by atoms with Crippen LogP contribution in [-0.2, 0) is 4.79 Å². The zero-order chi connectivity index (χ0) is 16.9. The first-order valence-corrected chi connectivity index (χ1v) is 8.12. The summed E-state index contributed by atoms with van der Waals surface area (Å²) in [5.41, 5.74) is 0.00113. The Bertz CT molecular complexity index is 612. The molecule has 0 bridgehead atoms. The van der Waals surface area contributed by atoms with Crippen LogP contribution in [0.25, 0.3) is 5.76 Å². The second kappa shape index (κ2) is 8.45. The van der Waals surface area contributed by atoms with Crippen molar-refractivity contribution in [3.8, 4) is 0 Å². The minimum Gasteiger partial charge on any atom is -0.506 e. The standard InChI is InChI=1S/C15H17Br2NO4/c1-8(2)13(7-19)18-6-11(15(21)22)14(20)10-5-9(16)3-4-12(10)17/h3-6,8,13,19-20H,7H2,1-2H3,(H,21,22). The lowest BCUT2D eigenvalue weighted by molar-refractivity contribution is -0.132. The van der Waals surface area contributed by atoms with Gasteiger partial charge in [-0.2, -0.15) is 0 Å². The van der Waals surface area contributed by atoms with E-state index < -0.39 is 17.8 Å². The van der Waals surface area contributed by atoms with Crippen LogP contribution < -0.4 is 0 Å². The summed E-state index contributed by atoms with van der Waals surface area (Å²) in [5.74, 6) is -1.64. The van der Waals surface area contributed by atoms with Gasteiger partial charge in [0.15, 0.2) is 0 Å². The molecule has 5 nitrogen and oxygen atoms in total. The van der Waals surface area contributed by atoms with Crippen LogP contribution in [0.3, 0.4) is 0 Å². The SMILES string of the molecule is CC(C)C(CO)N=CC(C(=O)O)=C(O)c1cc(Br)ccc1Br. The molecular weight excluding hydrogens is 418 g/mol. The summed E-state index contributed by atoms with van der Waals surface area (Å²) >= 11 is 6.55. The smallest absolute Gasteiger partial charge is 0.341 e. The van der Waals surface area contributed by atoms with E-state index in [1.807, 2.05) is 13.8 Å². The van der Waals surface area contributed by atoms with Gasteiger partial charge in [0.1, 0.15) is 11.3 Å². The number of carboxylic acids is 1. The molecule has 0 heterocycles. The largest absolute Gasteiger partial charge is 0.506 e. The lowest BCUT2D eigenvalue weighted by Gasteiger charge is -2.13. The first kappa shape index (κ1) is 18.9. The molecule has 0 saturated heterocycles. The zero-order valence-electron chi connectivity index (χ0n) is 12.1. The number of aliphatic hydroxyl groups excluding tert-OH is 2. The van der Waals surface area contributed by atoms with Gasteiger partial charge >= 0.3 is 5.97 Å². The van der Waals surface area contributed by atoms with Gasteiger partial charge in [0.2, 0.25) is 0 Å². The van der Waals surface area contributed by atoms with E-state index in [0.717, 1.165) is 6.21 Å². The fraction of sp³-hybridized carbons (Fsp3) is 0.333. The van der Waals surface area contributed by atoms with Gasteiger partial charge < -0.3 is 15.3 Å². The maximum atomic E-state index is 11.4. The number of hydrogen-bond donors (Lipinski definition) is 3. The highest BCUT2D eigenvalue weighted by atomic mass is 79.9. The van der Waals surface area contributed by atoms with E-state index in [1.165, 1.54) is 0 Å². The molecule has 120 valence electrons. The molecule has 22 heavy (non-hydrogen) atoms. The van der Waals surface area contributed by atoms with Crippen molar-refractivity contribution in [1.29, 1.82) is 0 Å². The molecule has 0 aliphatic carbocycles. The number of aliphatic carboxylic acids is 1. The molecule has 0 spiro atoms. The van der Waals surface area contributed by atoms with Gasteiger partial charge in [-0.1, -0.05) is 45.7 Å². The van der Waals surface area contributed by atoms with E-state index in [9.17, 15) is 20.1 Å². The number of carbonyl (C=O) groups is 1. The third-order valence-electron chi connectivity index (χ3n) is 3.02. The van der Waals surface area contributed by atoms with Crippen molar-refractivity contribution in [2.24, 2.45) is 10.9 Å². The summed E-state index contributed by atoms with van der Waals surface area (Å²) in [6.45, 7) is 3.54. The molecule has 3 N–H and O–H groups in total. The minimum absolute atomic E-state index is 0.0519. The normalized spacial score (nSPS) is 14.3. The van der Waals surface area contributed by atoms with Crippen LogP contribution in [0.2, 0.25) is 0 Å². The predicted molar refractivity (Wildman–Crippen MR) is 93.2 cm³/mol. The summed E-state index contributed by atoms with van der Waals surface area (Å²) in [5, 5.41) is 28.8. The van der Waals surface area contributed by atoms with Crippen molar-refractivity contribution >= 4 is 49.8 Å². The van der Waals surface area contributed by atoms with Gasteiger partial charge in [-0.15, -0.1) is 0 Å². The fourth-order valence-electron chi connectivity index (χ4n) is 1.64. The van der Waals surface area contributed by atoms with Crippen molar-refractivity contribution < 1.29 is 20.1 Å². The van der Waals surface area contributed by atoms with Crippen LogP contribution in [-0.4, -0.2) is 40.2 Å². The quantitative estimate of drug-likeness (QED) is 0.362. The molecule has 0 radical (unpaired) electrons. The molecule has 0 aliphatic heterocycles. The molecular formula is C15H17Br2NO4. The molecule has 0 aliphatic rings. The average molecular weight is 435 g/mol. The van der Waals surface area contributed by atoms with Crippen molar-refractivity contribution in [2.45, 2.75) is 19.9 Å². The van der Waals surface area contributed by atoms with E-state index in [2.05, 4.69) is 36.9 Å². The lowest BCUT2D eigenvalue weighted by Crippen LogP contribution is -2.18. The Morgan fingerprint density at radius 3 is 2.45 bits per heavy atom. The molecule has 1 aromatic rings. The third kappa shape index (κ3) is 4.93. The molecule has 0 saturated carbocycles. The van der Waals surface area contributed by atoms with E-state index in [-0.39, 0.29) is 18.1 Å². The van der Waals surface area contributed by atoms with Gasteiger partial charge in [0.05, 0.1) is 12.6 Å². The van der Waals surface area contributed by atoms with E-state index in [0.29, 0.717) is 14.5 Å². The number of aliphatic imine (C=N–C) groups is 1. The predicted octanol–water partition coefficient (Wildman–Crippen LogP) is 3.65. The molecule has 0 fully saturated rings. The Labute approximate surface area is 145 Å². The Morgan fingerprint density at radius 2 is 1.95 bits per heavy atom. The molecule has 1 aromatic carbocycles. The number of nitrogens with zero attached hydrogens (tertiary/aromatic N) is 1. The molecule has 7 heteroatoms. The Balaban J connectivity index is 3.31. The molecule has 1 rings (SSSR count). The van der Waals surface area contributed by atoms with Crippen LogP contribution in [0.4, 0.5) is 0 Å². The van der Waals surface area contributed by atoms with Crippen LogP contribution in [0.1, 0.15) is 19.4 Å². The highest BCUT2D eigenvalue weighted by Crippen LogP contribution is 2.28. The fourth-order valence-corrected chi connectivity index (χ4v) is 2.44. The summed E-state index contributed by atoms with van der Waals surface area (Å²) in [6.07, 6.45) is 1.09. The third-order valence-corrected chi connectivity index (χ3v) is 4.21. The van der Waals surface area contributed by atoms with Crippen molar-refractivity contribution in [3.05, 3.63) is 38.3 Å².